The first kappa shape index (κ1) is 21.5. The van der Waals surface area contributed by atoms with Gasteiger partial charge >= 0.3 is 81.7 Å². The Labute approximate surface area is 154 Å². The van der Waals surface area contributed by atoms with E-state index in [0.717, 1.165) is 0 Å². The molecule has 14 heteroatoms. The molecule has 0 spiro atoms. The Morgan fingerprint density at radius 2 is 1.37 bits per heavy atom. The van der Waals surface area contributed by atoms with Gasteiger partial charge in [-0.05, 0) is 0 Å². The Morgan fingerprint density at radius 1 is 1.05 bits per heavy atom. The number of nitrogens with zero attached hydrogens (tertiary/aromatic N) is 2. The van der Waals surface area contributed by atoms with E-state index in [1.807, 2.05) is 0 Å². The number of urea groups is 1. The van der Waals surface area contributed by atoms with Gasteiger partial charge in [-0.1, -0.05) is 11.6 Å². The molecule has 1 rings (SSSR count). The van der Waals surface area contributed by atoms with Crippen LogP contribution in [0.1, 0.15) is 0 Å². The Kier molecular flexibility index (Phi) is 6.60. The molecule has 0 saturated heterocycles. The predicted molar refractivity (Wildman–Crippen MR) is 95.5 cm³/mol. The summed E-state index contributed by atoms with van der Waals surface area (Å²) in [4.78, 5) is 12.6. The molecule has 0 unspecified atom stereocenters. The van der Waals surface area contributed by atoms with Crippen LogP contribution in [0, 0.1) is 0 Å². The van der Waals surface area contributed by atoms with Crippen LogP contribution in [0.25, 0.3) is 0 Å². The molecule has 116 valence electrons. The topological polar surface area (TPSA) is 23.6 Å². The fourth-order valence-electron chi connectivity index (χ4n) is 0.724. The van der Waals surface area contributed by atoms with Gasteiger partial charge in [-0.3, -0.25) is 4.90 Å². The number of carbonyl (C=O) groups excluding carboxylic acids is 1. The molecule has 0 aromatic rings. The van der Waals surface area contributed by atoms with E-state index in [1.54, 1.807) is 14.1 Å². The summed E-state index contributed by atoms with van der Waals surface area (Å²) >= 11 is 47.5. The van der Waals surface area contributed by atoms with Crippen LogP contribution in [0.2, 0.25) is 0 Å². The van der Waals surface area contributed by atoms with E-state index in [4.69, 9.17) is 102 Å². The molecule has 2 amide bonds. The Hall–Kier alpha value is 2.48. The van der Waals surface area contributed by atoms with Gasteiger partial charge in [0.2, 0.25) is 0 Å². The number of halogens is 9. The monoisotopic (exact) mass is 488 g/mol. The molecule has 1 aliphatic heterocycles. The molecule has 0 aliphatic carbocycles. The number of carbonyl (C=O) groups is 1. The summed E-state index contributed by atoms with van der Waals surface area (Å²) in [6.07, 6.45) is -2.48. The molecule has 0 fully saturated rings. The minimum absolute atomic E-state index is 0.274. The first-order chi connectivity index (χ1) is 7.81. The van der Waals surface area contributed by atoms with Crippen LogP contribution in [0.15, 0.2) is 11.0 Å². The zero-order valence-corrected chi connectivity index (χ0v) is 17.8. The van der Waals surface area contributed by atoms with Gasteiger partial charge in [0, 0.05) is 7.05 Å². The van der Waals surface area contributed by atoms with E-state index in [2.05, 4.69) is 0 Å². The molecule has 0 aromatic heterocycles. The maximum atomic E-state index is 11.3. The zero-order chi connectivity index (χ0) is 15.9. The second kappa shape index (κ2) is 5.84. The molecule has 0 radical (unpaired) electrons. The van der Waals surface area contributed by atoms with Crippen molar-refractivity contribution < 1.29 is 4.79 Å². The van der Waals surface area contributed by atoms with Crippen LogP contribution in [0.3, 0.4) is 0 Å². The normalized spacial score (nSPS) is 22.9. The van der Waals surface area contributed by atoms with Gasteiger partial charge in [-0.25, -0.2) is 4.79 Å². The summed E-state index contributed by atoms with van der Waals surface area (Å²) in [6, 6.07) is -0.291. The van der Waals surface area contributed by atoms with Crippen molar-refractivity contribution >= 4 is 116 Å². The van der Waals surface area contributed by atoms with Crippen LogP contribution in [-0.4, -0.2) is 29.7 Å². The average molecular weight is 492 g/mol. The van der Waals surface area contributed by atoms with Crippen LogP contribution in [0.5, 0.6) is 0 Å². The fraction of sp³-hybridized carbons (Fsp3) is 0.400. The van der Waals surface area contributed by atoms with Crippen molar-refractivity contribution in [2.45, 2.75) is 0 Å². The minimum atomic E-state index is -4.82. The second-order valence-electron chi connectivity index (χ2n) is 3.30. The van der Waals surface area contributed by atoms with Crippen LogP contribution in [-0.2, 0) is 0 Å². The molecule has 3 nitrogen and oxygen atoms in total. The molecule has 1 heterocycles. The SMILES string of the molecule is CN1C(=O)N(C)[P+](Cl)(Cl)C=C1Cl.Cl[P-](Cl)(Cl)(Cl)(Cl)Cl. The second-order valence-corrected chi connectivity index (χ2v) is 34.1. The van der Waals surface area contributed by atoms with Crippen molar-refractivity contribution in [1.29, 1.82) is 0 Å². The average Bonchev–Trinajstić information content (AvgIpc) is 2.06. The van der Waals surface area contributed by atoms with Crippen molar-refractivity contribution in [3.05, 3.63) is 11.0 Å². The van der Waals surface area contributed by atoms with Gasteiger partial charge in [0.25, 0.3) is 0 Å². The zero-order valence-electron chi connectivity index (χ0n) is 9.18. The van der Waals surface area contributed by atoms with Gasteiger partial charge in [0.1, 0.15) is 22.5 Å². The maximum absolute atomic E-state index is 11.3. The first-order valence-corrected chi connectivity index (χ1v) is 16.2. The molecule has 0 aromatic carbocycles. The van der Waals surface area contributed by atoms with E-state index in [9.17, 15) is 4.79 Å². The molecule has 0 N–H and O–H groups in total. The van der Waals surface area contributed by atoms with Crippen LogP contribution in [0.4, 0.5) is 4.79 Å². The number of amides is 2. The predicted octanol–water partition coefficient (Wildman–Crippen LogP) is 8.26. The third-order valence-electron chi connectivity index (χ3n) is 1.55. The summed E-state index contributed by atoms with van der Waals surface area (Å²) in [7, 11) is 3.11. The third kappa shape index (κ3) is 10.8. The van der Waals surface area contributed by atoms with E-state index in [-0.39, 0.29) is 11.2 Å². The molecular weight excluding hydrogens is 485 g/mol. The Balaban J connectivity index is 0.000000399. The van der Waals surface area contributed by atoms with Gasteiger partial charge in [0.15, 0.2) is 11.0 Å². The van der Waals surface area contributed by atoms with Crippen molar-refractivity contribution in [2.75, 3.05) is 14.1 Å². The van der Waals surface area contributed by atoms with Crippen molar-refractivity contribution in [3.8, 4) is 0 Å². The quantitative estimate of drug-likeness (QED) is 0.247. The molecular formula is C5H7Cl9N2OP2. The molecule has 19 heavy (non-hydrogen) atoms. The summed E-state index contributed by atoms with van der Waals surface area (Å²) in [5.74, 6) is 1.50. The molecule has 0 saturated carbocycles. The van der Waals surface area contributed by atoms with Crippen molar-refractivity contribution in [2.24, 2.45) is 0 Å². The summed E-state index contributed by atoms with van der Waals surface area (Å²) in [5, 5.41) is 0.274. The molecule has 0 atom stereocenters. The Morgan fingerprint density at radius 3 is 1.68 bits per heavy atom. The Bertz CT molecular complexity index is 403. The van der Waals surface area contributed by atoms with Gasteiger partial charge in [0.05, 0.1) is 7.05 Å². The third-order valence-corrected chi connectivity index (χ3v) is 5.53. The number of hydrogen-bond acceptors (Lipinski definition) is 1. The summed E-state index contributed by atoms with van der Waals surface area (Å²) in [6.45, 7) is 0. The van der Waals surface area contributed by atoms with Crippen molar-refractivity contribution in [3.63, 3.8) is 0 Å². The van der Waals surface area contributed by atoms with Crippen molar-refractivity contribution in [1.82, 2.24) is 9.57 Å². The fourth-order valence-corrected chi connectivity index (χ4v) is 3.43. The van der Waals surface area contributed by atoms with E-state index in [1.165, 1.54) is 15.4 Å². The summed E-state index contributed by atoms with van der Waals surface area (Å²) in [5.41, 5.74) is 0. The van der Waals surface area contributed by atoms with E-state index < -0.39 is 8.18 Å². The van der Waals surface area contributed by atoms with Crippen LogP contribution >= 0.6 is 110 Å². The van der Waals surface area contributed by atoms with E-state index in [0.29, 0.717) is 0 Å². The molecule has 1 aliphatic rings. The first-order valence-electron chi connectivity index (χ1n) is 4.06. The number of rotatable bonds is 0. The standard InChI is InChI=1S/C5H7Cl3N2OP.Cl6P/c1-9-4(6)3-12(7,8)10(2)5(9)11;1-7(2,3,4,5)6/h3H,1-2H3;/q+1;-1. The van der Waals surface area contributed by atoms with Gasteiger partial charge in [-0.2, -0.15) is 4.67 Å². The van der Waals surface area contributed by atoms with Crippen LogP contribution < -0.4 is 0 Å². The van der Waals surface area contributed by atoms with E-state index >= 15 is 0 Å². The molecule has 0 bridgehead atoms. The summed E-state index contributed by atoms with van der Waals surface area (Å²) < 4.78 is -3.53. The van der Waals surface area contributed by atoms with Gasteiger partial charge < -0.3 is 0 Å². The van der Waals surface area contributed by atoms with Gasteiger partial charge in [-0.15, -0.1) is 0 Å². The number of hydrogen-bond donors (Lipinski definition) is 0.